The van der Waals surface area contributed by atoms with Gasteiger partial charge in [0.2, 0.25) is 17.7 Å². The van der Waals surface area contributed by atoms with E-state index in [0.29, 0.717) is 19.4 Å². The van der Waals surface area contributed by atoms with E-state index in [-0.39, 0.29) is 30.3 Å². The summed E-state index contributed by atoms with van der Waals surface area (Å²) in [7, 11) is 1.57. The average molecular weight is 227 g/mol. The average Bonchev–Trinajstić information content (AvgIpc) is 2.21. The number of nitrogens with one attached hydrogen (secondary N) is 2. The lowest BCUT2D eigenvalue weighted by Gasteiger charge is -2.24. The van der Waals surface area contributed by atoms with Crippen LogP contribution in [0.4, 0.5) is 0 Å². The highest BCUT2D eigenvalue weighted by atomic mass is 16.2. The summed E-state index contributed by atoms with van der Waals surface area (Å²) in [5.41, 5.74) is 0. The number of hydrogen-bond acceptors (Lipinski definition) is 3. The third-order valence-corrected chi connectivity index (χ3v) is 2.55. The maximum absolute atomic E-state index is 11.5. The SMILES string of the molecule is CC(=O)N(C)CC(=O)NC1CCC(=O)NC1. The second kappa shape index (κ2) is 5.48. The molecule has 0 radical (unpaired) electrons. The lowest BCUT2D eigenvalue weighted by molar-refractivity contribution is -0.133. The van der Waals surface area contributed by atoms with Crippen LogP contribution in [0.2, 0.25) is 0 Å². The number of carbonyl (C=O) groups is 3. The van der Waals surface area contributed by atoms with Gasteiger partial charge in [-0.3, -0.25) is 14.4 Å². The molecule has 1 aliphatic heterocycles. The van der Waals surface area contributed by atoms with Crippen molar-refractivity contribution < 1.29 is 14.4 Å². The Bertz CT molecular complexity index is 294. The van der Waals surface area contributed by atoms with Gasteiger partial charge in [0.1, 0.15) is 0 Å². The van der Waals surface area contributed by atoms with Gasteiger partial charge in [0.15, 0.2) is 0 Å². The molecule has 1 atom stereocenters. The summed E-state index contributed by atoms with van der Waals surface area (Å²) in [4.78, 5) is 34.6. The zero-order valence-electron chi connectivity index (χ0n) is 9.58. The summed E-state index contributed by atoms with van der Waals surface area (Å²) in [5, 5.41) is 5.46. The molecular formula is C10H17N3O3. The fraction of sp³-hybridized carbons (Fsp3) is 0.700. The largest absolute Gasteiger partial charge is 0.354 e. The molecule has 1 rings (SSSR count). The highest BCUT2D eigenvalue weighted by molar-refractivity contribution is 5.84. The van der Waals surface area contributed by atoms with Crippen molar-refractivity contribution in [2.45, 2.75) is 25.8 Å². The van der Waals surface area contributed by atoms with E-state index < -0.39 is 0 Å². The van der Waals surface area contributed by atoms with Crippen molar-refractivity contribution in [1.82, 2.24) is 15.5 Å². The minimum atomic E-state index is -0.196. The van der Waals surface area contributed by atoms with Crippen LogP contribution < -0.4 is 10.6 Å². The second-order valence-electron chi connectivity index (χ2n) is 3.98. The standard InChI is InChI=1S/C10H17N3O3/c1-7(14)13(2)6-10(16)12-8-3-4-9(15)11-5-8/h8H,3-6H2,1-2H3,(H,11,15)(H,12,16). The smallest absolute Gasteiger partial charge is 0.239 e. The molecule has 0 saturated carbocycles. The van der Waals surface area contributed by atoms with Crippen molar-refractivity contribution in [2.75, 3.05) is 20.1 Å². The molecule has 6 nitrogen and oxygen atoms in total. The zero-order chi connectivity index (χ0) is 12.1. The molecule has 0 aromatic rings. The molecule has 1 unspecified atom stereocenters. The molecule has 2 N–H and O–H groups in total. The van der Waals surface area contributed by atoms with E-state index in [2.05, 4.69) is 10.6 Å². The third-order valence-electron chi connectivity index (χ3n) is 2.55. The van der Waals surface area contributed by atoms with Crippen LogP contribution >= 0.6 is 0 Å². The van der Waals surface area contributed by atoms with Crippen LogP contribution in [-0.2, 0) is 14.4 Å². The number of likely N-dealkylation sites (N-methyl/N-ethyl adjacent to an activating group) is 1. The van der Waals surface area contributed by atoms with Crippen molar-refractivity contribution in [1.29, 1.82) is 0 Å². The Labute approximate surface area is 94.4 Å². The van der Waals surface area contributed by atoms with Gasteiger partial charge >= 0.3 is 0 Å². The normalized spacial score (nSPS) is 19.9. The van der Waals surface area contributed by atoms with E-state index in [0.717, 1.165) is 0 Å². The number of hydrogen-bond donors (Lipinski definition) is 2. The van der Waals surface area contributed by atoms with Crippen LogP contribution in [0.3, 0.4) is 0 Å². The highest BCUT2D eigenvalue weighted by Crippen LogP contribution is 2.02. The van der Waals surface area contributed by atoms with Crippen molar-refractivity contribution in [3.8, 4) is 0 Å². The number of carbonyl (C=O) groups excluding carboxylic acids is 3. The Hall–Kier alpha value is -1.59. The Morgan fingerprint density at radius 2 is 2.25 bits per heavy atom. The maximum atomic E-state index is 11.5. The number of amides is 3. The first-order valence-corrected chi connectivity index (χ1v) is 5.27. The van der Waals surface area contributed by atoms with Gasteiger partial charge in [-0.15, -0.1) is 0 Å². The van der Waals surface area contributed by atoms with E-state index in [1.807, 2.05) is 0 Å². The van der Waals surface area contributed by atoms with Crippen LogP contribution in [0.1, 0.15) is 19.8 Å². The summed E-state index contributed by atoms with van der Waals surface area (Å²) >= 11 is 0. The molecule has 6 heteroatoms. The summed E-state index contributed by atoms with van der Waals surface area (Å²) in [6.07, 6.45) is 1.09. The lowest BCUT2D eigenvalue weighted by Crippen LogP contribution is -2.50. The van der Waals surface area contributed by atoms with Crippen molar-refractivity contribution in [3.05, 3.63) is 0 Å². The summed E-state index contributed by atoms with van der Waals surface area (Å²) in [6, 6.07) is -0.0226. The number of nitrogens with zero attached hydrogens (tertiary/aromatic N) is 1. The summed E-state index contributed by atoms with van der Waals surface area (Å²) in [5.74, 6) is -0.322. The molecule has 1 aliphatic rings. The summed E-state index contributed by atoms with van der Waals surface area (Å²) in [6.45, 7) is 1.93. The van der Waals surface area contributed by atoms with Crippen molar-refractivity contribution >= 4 is 17.7 Å². The summed E-state index contributed by atoms with van der Waals surface area (Å²) < 4.78 is 0. The zero-order valence-corrected chi connectivity index (χ0v) is 9.58. The van der Waals surface area contributed by atoms with E-state index >= 15 is 0 Å². The Morgan fingerprint density at radius 1 is 1.56 bits per heavy atom. The molecule has 3 amide bonds. The Kier molecular flexibility index (Phi) is 4.28. The molecule has 0 spiro atoms. The molecule has 0 aromatic heterocycles. The van der Waals surface area contributed by atoms with Gasteiger partial charge in [0.25, 0.3) is 0 Å². The van der Waals surface area contributed by atoms with Gasteiger partial charge in [-0.05, 0) is 6.42 Å². The molecule has 1 saturated heterocycles. The van der Waals surface area contributed by atoms with E-state index in [4.69, 9.17) is 0 Å². The van der Waals surface area contributed by atoms with Crippen LogP contribution in [-0.4, -0.2) is 48.8 Å². The predicted octanol–water partition coefficient (Wildman–Crippen LogP) is -1.14. The van der Waals surface area contributed by atoms with E-state index in [1.165, 1.54) is 11.8 Å². The minimum absolute atomic E-state index is 0.0198. The van der Waals surface area contributed by atoms with Gasteiger partial charge in [-0.2, -0.15) is 0 Å². The van der Waals surface area contributed by atoms with Crippen molar-refractivity contribution in [3.63, 3.8) is 0 Å². The van der Waals surface area contributed by atoms with Crippen molar-refractivity contribution in [2.24, 2.45) is 0 Å². The van der Waals surface area contributed by atoms with Gasteiger partial charge in [0.05, 0.1) is 6.54 Å². The predicted molar refractivity (Wildman–Crippen MR) is 57.5 cm³/mol. The van der Waals surface area contributed by atoms with Crippen LogP contribution in [0.5, 0.6) is 0 Å². The topological polar surface area (TPSA) is 78.5 Å². The minimum Gasteiger partial charge on any atom is -0.354 e. The first-order valence-electron chi connectivity index (χ1n) is 5.27. The molecule has 90 valence electrons. The van der Waals surface area contributed by atoms with Gasteiger partial charge in [-0.1, -0.05) is 0 Å². The molecular weight excluding hydrogens is 210 g/mol. The van der Waals surface area contributed by atoms with Gasteiger partial charge in [-0.25, -0.2) is 0 Å². The fourth-order valence-electron chi connectivity index (χ4n) is 1.46. The number of piperidine rings is 1. The van der Waals surface area contributed by atoms with Crippen LogP contribution in [0.15, 0.2) is 0 Å². The Morgan fingerprint density at radius 3 is 2.75 bits per heavy atom. The highest BCUT2D eigenvalue weighted by Gasteiger charge is 2.20. The molecule has 0 aromatic carbocycles. The van der Waals surface area contributed by atoms with Gasteiger partial charge < -0.3 is 15.5 Å². The molecule has 16 heavy (non-hydrogen) atoms. The molecule has 0 aliphatic carbocycles. The lowest BCUT2D eigenvalue weighted by atomic mass is 10.1. The fourth-order valence-corrected chi connectivity index (χ4v) is 1.46. The first-order chi connectivity index (χ1) is 7.49. The molecule has 1 heterocycles. The number of rotatable bonds is 3. The first kappa shape index (κ1) is 12.5. The second-order valence-corrected chi connectivity index (χ2v) is 3.98. The molecule has 1 fully saturated rings. The van der Waals surface area contributed by atoms with Crippen LogP contribution in [0.25, 0.3) is 0 Å². The molecule has 0 bridgehead atoms. The van der Waals surface area contributed by atoms with E-state index in [1.54, 1.807) is 7.05 Å². The van der Waals surface area contributed by atoms with Gasteiger partial charge in [0, 0.05) is 33.0 Å². The maximum Gasteiger partial charge on any atom is 0.239 e. The third kappa shape index (κ3) is 3.88. The van der Waals surface area contributed by atoms with Crippen LogP contribution in [0, 0.1) is 0 Å². The Balaban J connectivity index is 2.29. The van der Waals surface area contributed by atoms with E-state index in [9.17, 15) is 14.4 Å². The monoisotopic (exact) mass is 227 g/mol. The quantitative estimate of drug-likeness (QED) is 0.639.